The molecule has 0 unspecified atom stereocenters. The maximum absolute atomic E-state index is 12.5. The predicted octanol–water partition coefficient (Wildman–Crippen LogP) is 3.37. The van der Waals surface area contributed by atoms with Crippen molar-refractivity contribution in [3.8, 4) is 11.5 Å². The highest BCUT2D eigenvalue weighted by Gasteiger charge is 2.15. The molecule has 1 heterocycles. The number of ether oxygens (including phenoxy) is 2. The highest BCUT2D eigenvalue weighted by Crippen LogP contribution is 2.29. The number of amides is 1. The first-order chi connectivity index (χ1) is 12.0. The Labute approximate surface area is 144 Å². The molecule has 128 valence electrons. The summed E-state index contributed by atoms with van der Waals surface area (Å²) in [5.41, 5.74) is 1.49. The Morgan fingerprint density at radius 3 is 2.56 bits per heavy atom. The molecule has 3 rings (SSSR count). The van der Waals surface area contributed by atoms with Gasteiger partial charge in [0.05, 0.1) is 25.3 Å². The number of anilines is 1. The minimum Gasteiger partial charge on any atom is -0.497 e. The van der Waals surface area contributed by atoms with Gasteiger partial charge in [0.1, 0.15) is 17.1 Å². The van der Waals surface area contributed by atoms with Crippen molar-refractivity contribution in [2.75, 3.05) is 19.5 Å². The fourth-order valence-electron chi connectivity index (χ4n) is 2.47. The zero-order chi connectivity index (χ0) is 18.0. The van der Waals surface area contributed by atoms with Gasteiger partial charge in [-0.25, -0.2) is 0 Å². The van der Waals surface area contributed by atoms with E-state index in [9.17, 15) is 9.59 Å². The van der Waals surface area contributed by atoms with Gasteiger partial charge in [0.25, 0.3) is 5.91 Å². The molecule has 25 heavy (non-hydrogen) atoms. The third-order valence-corrected chi connectivity index (χ3v) is 3.76. The summed E-state index contributed by atoms with van der Waals surface area (Å²) in [5.74, 6) is 0.427. The number of carbonyl (C=O) groups is 1. The van der Waals surface area contributed by atoms with E-state index >= 15 is 0 Å². The largest absolute Gasteiger partial charge is 0.497 e. The predicted molar refractivity (Wildman–Crippen MR) is 94.7 cm³/mol. The molecule has 1 N–H and O–H groups in total. The van der Waals surface area contributed by atoms with Crippen molar-refractivity contribution < 1.29 is 18.7 Å². The van der Waals surface area contributed by atoms with Gasteiger partial charge in [0, 0.05) is 12.1 Å². The molecule has 2 aromatic carbocycles. The molecule has 0 bridgehead atoms. The standard InChI is InChI=1S/C19H17NO5/c1-11-4-7-16-13(8-11)15(21)10-18(25-16)19(22)20-14-6-5-12(23-2)9-17(14)24-3/h4-10H,1-3H3,(H,20,22). The SMILES string of the molecule is COc1ccc(NC(=O)c2cc(=O)c3cc(C)ccc3o2)c(OC)c1. The van der Waals surface area contributed by atoms with E-state index in [2.05, 4.69) is 5.32 Å². The van der Waals surface area contributed by atoms with Crippen LogP contribution in [-0.2, 0) is 0 Å². The summed E-state index contributed by atoms with van der Waals surface area (Å²) in [6.07, 6.45) is 0. The maximum atomic E-state index is 12.5. The van der Waals surface area contributed by atoms with Crippen LogP contribution in [0.1, 0.15) is 16.1 Å². The Morgan fingerprint density at radius 2 is 1.84 bits per heavy atom. The number of benzene rings is 2. The Morgan fingerprint density at radius 1 is 1.04 bits per heavy atom. The molecule has 6 nitrogen and oxygen atoms in total. The molecule has 0 aliphatic rings. The van der Waals surface area contributed by atoms with Gasteiger partial charge in [0.2, 0.25) is 0 Å². The second-order valence-corrected chi connectivity index (χ2v) is 5.49. The molecule has 1 amide bonds. The molecule has 0 saturated carbocycles. The van der Waals surface area contributed by atoms with E-state index in [0.29, 0.717) is 28.2 Å². The molecule has 0 radical (unpaired) electrons. The number of methoxy groups -OCH3 is 2. The molecule has 3 aromatic rings. The number of hydrogen-bond acceptors (Lipinski definition) is 5. The second-order valence-electron chi connectivity index (χ2n) is 5.49. The van der Waals surface area contributed by atoms with E-state index in [1.54, 1.807) is 37.4 Å². The van der Waals surface area contributed by atoms with Gasteiger partial charge < -0.3 is 19.2 Å². The lowest BCUT2D eigenvalue weighted by atomic mass is 10.1. The molecule has 0 spiro atoms. The van der Waals surface area contributed by atoms with E-state index in [4.69, 9.17) is 13.9 Å². The van der Waals surface area contributed by atoms with Crippen molar-refractivity contribution in [2.24, 2.45) is 0 Å². The van der Waals surface area contributed by atoms with Crippen LogP contribution in [0.15, 0.2) is 51.7 Å². The van der Waals surface area contributed by atoms with E-state index in [0.717, 1.165) is 5.56 Å². The third-order valence-electron chi connectivity index (χ3n) is 3.76. The Balaban J connectivity index is 1.95. The normalized spacial score (nSPS) is 10.5. The van der Waals surface area contributed by atoms with E-state index in [1.165, 1.54) is 13.2 Å². The molecule has 1 aromatic heterocycles. The number of rotatable bonds is 4. The van der Waals surface area contributed by atoms with Gasteiger partial charge in [-0.1, -0.05) is 11.6 Å². The maximum Gasteiger partial charge on any atom is 0.291 e. The number of nitrogens with one attached hydrogen (secondary N) is 1. The van der Waals surface area contributed by atoms with Crippen LogP contribution < -0.4 is 20.2 Å². The molecule has 0 saturated heterocycles. The monoisotopic (exact) mass is 339 g/mol. The molecular weight excluding hydrogens is 322 g/mol. The first-order valence-electron chi connectivity index (χ1n) is 7.59. The Bertz CT molecular complexity index is 1010. The van der Waals surface area contributed by atoms with Crippen LogP contribution in [0.3, 0.4) is 0 Å². The summed E-state index contributed by atoms with van der Waals surface area (Å²) >= 11 is 0. The smallest absolute Gasteiger partial charge is 0.291 e. The number of hydrogen-bond donors (Lipinski definition) is 1. The Kier molecular flexibility index (Phi) is 4.43. The van der Waals surface area contributed by atoms with Crippen LogP contribution in [-0.4, -0.2) is 20.1 Å². The summed E-state index contributed by atoms with van der Waals surface area (Å²) in [6, 6.07) is 11.4. The van der Waals surface area contributed by atoms with Crippen molar-refractivity contribution in [3.63, 3.8) is 0 Å². The van der Waals surface area contributed by atoms with Crippen molar-refractivity contribution >= 4 is 22.6 Å². The van der Waals surface area contributed by atoms with Crippen LogP contribution >= 0.6 is 0 Å². The lowest BCUT2D eigenvalue weighted by molar-refractivity contribution is 0.0997. The zero-order valence-corrected chi connectivity index (χ0v) is 14.1. The Hall–Kier alpha value is -3.28. The average molecular weight is 339 g/mol. The minimum absolute atomic E-state index is 0.0702. The quantitative estimate of drug-likeness (QED) is 0.788. The lowest BCUT2D eigenvalue weighted by Gasteiger charge is -2.11. The van der Waals surface area contributed by atoms with Crippen molar-refractivity contribution in [1.82, 2.24) is 0 Å². The lowest BCUT2D eigenvalue weighted by Crippen LogP contribution is -2.15. The van der Waals surface area contributed by atoms with Crippen molar-refractivity contribution in [2.45, 2.75) is 6.92 Å². The zero-order valence-electron chi connectivity index (χ0n) is 14.1. The van der Waals surface area contributed by atoms with Crippen molar-refractivity contribution in [3.05, 3.63) is 64.0 Å². The highest BCUT2D eigenvalue weighted by atomic mass is 16.5. The molecule has 6 heteroatoms. The minimum atomic E-state index is -0.539. The number of carbonyl (C=O) groups excluding carboxylic acids is 1. The van der Waals surface area contributed by atoms with E-state index in [-0.39, 0.29) is 11.2 Å². The van der Waals surface area contributed by atoms with Crippen LogP contribution in [0.5, 0.6) is 11.5 Å². The van der Waals surface area contributed by atoms with Gasteiger partial charge in [0.15, 0.2) is 11.2 Å². The van der Waals surface area contributed by atoms with Crippen LogP contribution in [0.4, 0.5) is 5.69 Å². The van der Waals surface area contributed by atoms with E-state index in [1.807, 2.05) is 13.0 Å². The average Bonchev–Trinajstić information content (AvgIpc) is 2.62. The first-order valence-corrected chi connectivity index (χ1v) is 7.59. The molecule has 0 aliphatic heterocycles. The summed E-state index contributed by atoms with van der Waals surface area (Å²) in [6.45, 7) is 1.88. The van der Waals surface area contributed by atoms with Gasteiger partial charge in [-0.3, -0.25) is 9.59 Å². The number of aryl methyl sites for hydroxylation is 1. The van der Waals surface area contributed by atoms with Gasteiger partial charge in [-0.15, -0.1) is 0 Å². The molecule has 0 aliphatic carbocycles. The van der Waals surface area contributed by atoms with Crippen LogP contribution in [0.2, 0.25) is 0 Å². The molecule has 0 fully saturated rings. The van der Waals surface area contributed by atoms with Crippen molar-refractivity contribution in [1.29, 1.82) is 0 Å². The molecule has 0 atom stereocenters. The molecular formula is C19H17NO5. The summed E-state index contributed by atoms with van der Waals surface area (Å²) < 4.78 is 15.9. The highest BCUT2D eigenvalue weighted by molar-refractivity contribution is 6.03. The first kappa shape index (κ1) is 16.6. The van der Waals surface area contributed by atoms with Gasteiger partial charge in [-0.2, -0.15) is 0 Å². The fraction of sp³-hybridized carbons (Fsp3) is 0.158. The summed E-state index contributed by atoms with van der Waals surface area (Å²) in [4.78, 5) is 24.7. The van der Waals surface area contributed by atoms with Crippen LogP contribution in [0, 0.1) is 6.92 Å². The topological polar surface area (TPSA) is 77.8 Å². The second kappa shape index (κ2) is 6.68. The van der Waals surface area contributed by atoms with E-state index < -0.39 is 5.91 Å². The summed E-state index contributed by atoms with van der Waals surface area (Å²) in [5, 5.41) is 3.12. The van der Waals surface area contributed by atoms with Gasteiger partial charge in [-0.05, 0) is 31.2 Å². The van der Waals surface area contributed by atoms with Gasteiger partial charge >= 0.3 is 0 Å². The third kappa shape index (κ3) is 3.33. The number of fused-ring (bicyclic) bond motifs is 1. The van der Waals surface area contributed by atoms with Crippen LogP contribution in [0.25, 0.3) is 11.0 Å². The fourth-order valence-corrected chi connectivity index (χ4v) is 2.47. The summed E-state index contributed by atoms with van der Waals surface area (Å²) in [7, 11) is 3.03.